The lowest BCUT2D eigenvalue weighted by Gasteiger charge is -2.25. The SMILES string of the molecule is c1ccc(N(c2ccccc2)c2cccc(-c3ccco3)c2)cc1. The van der Waals surface area contributed by atoms with Crippen molar-refractivity contribution in [1.29, 1.82) is 0 Å². The Bertz CT molecular complexity index is 860. The second-order valence-electron chi connectivity index (χ2n) is 5.53. The maximum Gasteiger partial charge on any atom is 0.133 e. The number of hydrogen-bond acceptors (Lipinski definition) is 2. The van der Waals surface area contributed by atoms with Crippen molar-refractivity contribution in [1.82, 2.24) is 0 Å². The lowest BCUT2D eigenvalue weighted by molar-refractivity contribution is 0.582. The van der Waals surface area contributed by atoms with E-state index in [9.17, 15) is 0 Å². The fourth-order valence-corrected chi connectivity index (χ4v) is 2.84. The predicted octanol–water partition coefficient (Wildman–Crippen LogP) is 6.42. The van der Waals surface area contributed by atoms with Crippen LogP contribution in [0.2, 0.25) is 0 Å². The molecular weight excluding hydrogens is 294 g/mol. The first-order valence-electron chi connectivity index (χ1n) is 7.96. The lowest BCUT2D eigenvalue weighted by atomic mass is 10.1. The van der Waals surface area contributed by atoms with Crippen LogP contribution in [0.1, 0.15) is 0 Å². The van der Waals surface area contributed by atoms with E-state index in [0.717, 1.165) is 28.4 Å². The Morgan fingerprint density at radius 1 is 0.542 bits per heavy atom. The monoisotopic (exact) mass is 311 g/mol. The minimum absolute atomic E-state index is 0.873. The van der Waals surface area contributed by atoms with Crippen molar-refractivity contribution < 1.29 is 4.42 Å². The van der Waals surface area contributed by atoms with Gasteiger partial charge in [-0.3, -0.25) is 0 Å². The van der Waals surface area contributed by atoms with E-state index in [-0.39, 0.29) is 0 Å². The fraction of sp³-hybridized carbons (Fsp3) is 0. The Kier molecular flexibility index (Phi) is 3.86. The van der Waals surface area contributed by atoms with Gasteiger partial charge in [-0.2, -0.15) is 0 Å². The van der Waals surface area contributed by atoms with Gasteiger partial charge in [-0.15, -0.1) is 0 Å². The molecule has 0 atom stereocenters. The van der Waals surface area contributed by atoms with Crippen LogP contribution in [0.3, 0.4) is 0 Å². The van der Waals surface area contributed by atoms with Crippen molar-refractivity contribution in [2.24, 2.45) is 0 Å². The summed E-state index contributed by atoms with van der Waals surface area (Å²) in [5, 5.41) is 0. The normalized spacial score (nSPS) is 10.5. The van der Waals surface area contributed by atoms with Gasteiger partial charge in [-0.25, -0.2) is 0 Å². The molecule has 0 aliphatic heterocycles. The van der Waals surface area contributed by atoms with Crippen molar-refractivity contribution in [3.8, 4) is 11.3 Å². The number of furan rings is 1. The van der Waals surface area contributed by atoms with Crippen LogP contribution >= 0.6 is 0 Å². The third-order valence-electron chi connectivity index (χ3n) is 3.94. The minimum atomic E-state index is 0.873. The zero-order valence-corrected chi connectivity index (χ0v) is 13.2. The zero-order chi connectivity index (χ0) is 16.2. The van der Waals surface area contributed by atoms with E-state index in [1.54, 1.807) is 6.26 Å². The molecule has 0 spiro atoms. The molecule has 3 aromatic carbocycles. The molecule has 4 aromatic rings. The van der Waals surface area contributed by atoms with E-state index in [2.05, 4.69) is 77.7 Å². The third kappa shape index (κ3) is 2.82. The average molecular weight is 311 g/mol. The number of benzene rings is 3. The van der Waals surface area contributed by atoms with E-state index < -0.39 is 0 Å². The molecule has 1 heterocycles. The van der Waals surface area contributed by atoms with E-state index in [0.29, 0.717) is 0 Å². The number of hydrogen-bond donors (Lipinski definition) is 0. The van der Waals surface area contributed by atoms with Crippen LogP contribution < -0.4 is 4.90 Å². The number of para-hydroxylation sites is 2. The first kappa shape index (κ1) is 14.3. The van der Waals surface area contributed by atoms with Gasteiger partial charge in [0.05, 0.1) is 6.26 Å². The molecule has 2 heteroatoms. The topological polar surface area (TPSA) is 16.4 Å². The Hall–Kier alpha value is -3.26. The molecule has 0 saturated heterocycles. The van der Waals surface area contributed by atoms with Gasteiger partial charge < -0.3 is 9.32 Å². The maximum absolute atomic E-state index is 5.55. The van der Waals surface area contributed by atoms with Gasteiger partial charge in [-0.1, -0.05) is 48.5 Å². The van der Waals surface area contributed by atoms with Crippen molar-refractivity contribution in [2.45, 2.75) is 0 Å². The molecule has 0 saturated carbocycles. The smallest absolute Gasteiger partial charge is 0.133 e. The fourth-order valence-electron chi connectivity index (χ4n) is 2.84. The highest BCUT2D eigenvalue weighted by Gasteiger charge is 2.12. The molecule has 0 aliphatic rings. The van der Waals surface area contributed by atoms with Crippen molar-refractivity contribution in [3.63, 3.8) is 0 Å². The third-order valence-corrected chi connectivity index (χ3v) is 3.94. The van der Waals surface area contributed by atoms with Gasteiger partial charge in [0.25, 0.3) is 0 Å². The Balaban J connectivity index is 1.84. The number of anilines is 3. The van der Waals surface area contributed by atoms with Crippen LogP contribution in [-0.4, -0.2) is 0 Å². The average Bonchev–Trinajstić information content (AvgIpc) is 3.19. The van der Waals surface area contributed by atoms with Gasteiger partial charge >= 0.3 is 0 Å². The molecule has 0 radical (unpaired) electrons. The van der Waals surface area contributed by atoms with E-state index >= 15 is 0 Å². The molecule has 4 rings (SSSR count). The van der Waals surface area contributed by atoms with Crippen LogP contribution in [0.5, 0.6) is 0 Å². The molecule has 0 unspecified atom stereocenters. The largest absolute Gasteiger partial charge is 0.464 e. The first-order valence-corrected chi connectivity index (χ1v) is 7.96. The maximum atomic E-state index is 5.55. The summed E-state index contributed by atoms with van der Waals surface area (Å²) in [6.45, 7) is 0. The zero-order valence-electron chi connectivity index (χ0n) is 13.2. The molecule has 0 fully saturated rings. The van der Waals surface area contributed by atoms with Gasteiger partial charge in [0.15, 0.2) is 0 Å². The predicted molar refractivity (Wildman–Crippen MR) is 98.8 cm³/mol. The Morgan fingerprint density at radius 2 is 1.17 bits per heavy atom. The highest BCUT2D eigenvalue weighted by Crippen LogP contribution is 2.36. The first-order chi connectivity index (χ1) is 11.9. The molecule has 1 aromatic heterocycles. The highest BCUT2D eigenvalue weighted by atomic mass is 16.3. The molecule has 0 bridgehead atoms. The number of nitrogens with zero attached hydrogens (tertiary/aromatic N) is 1. The Labute approximate surface area is 141 Å². The van der Waals surface area contributed by atoms with Gasteiger partial charge in [-0.05, 0) is 48.5 Å². The lowest BCUT2D eigenvalue weighted by Crippen LogP contribution is -2.09. The summed E-state index contributed by atoms with van der Waals surface area (Å²) in [6, 6.07) is 33.1. The van der Waals surface area contributed by atoms with Crippen molar-refractivity contribution in [3.05, 3.63) is 103 Å². The molecule has 0 aliphatic carbocycles. The summed E-state index contributed by atoms with van der Waals surface area (Å²) in [4.78, 5) is 2.24. The van der Waals surface area contributed by atoms with E-state index in [1.165, 1.54) is 0 Å². The molecule has 2 nitrogen and oxygen atoms in total. The van der Waals surface area contributed by atoms with Crippen LogP contribution in [0.25, 0.3) is 11.3 Å². The van der Waals surface area contributed by atoms with Crippen LogP contribution in [0.15, 0.2) is 108 Å². The van der Waals surface area contributed by atoms with E-state index in [4.69, 9.17) is 4.42 Å². The van der Waals surface area contributed by atoms with Gasteiger partial charge in [0.2, 0.25) is 0 Å². The molecule has 0 amide bonds. The van der Waals surface area contributed by atoms with Crippen LogP contribution in [0, 0.1) is 0 Å². The van der Waals surface area contributed by atoms with Crippen molar-refractivity contribution >= 4 is 17.1 Å². The minimum Gasteiger partial charge on any atom is -0.464 e. The second-order valence-corrected chi connectivity index (χ2v) is 5.53. The van der Waals surface area contributed by atoms with Gasteiger partial charge in [0, 0.05) is 22.6 Å². The quantitative estimate of drug-likeness (QED) is 0.432. The molecule has 0 N–H and O–H groups in total. The molecule has 116 valence electrons. The van der Waals surface area contributed by atoms with Gasteiger partial charge in [0.1, 0.15) is 5.76 Å². The summed E-state index contributed by atoms with van der Waals surface area (Å²) in [7, 11) is 0. The summed E-state index contributed by atoms with van der Waals surface area (Å²) < 4.78 is 5.55. The summed E-state index contributed by atoms with van der Waals surface area (Å²) in [5.41, 5.74) is 4.41. The van der Waals surface area contributed by atoms with E-state index in [1.807, 2.05) is 24.3 Å². The summed E-state index contributed by atoms with van der Waals surface area (Å²) in [5.74, 6) is 0.873. The van der Waals surface area contributed by atoms with Crippen LogP contribution in [0.4, 0.5) is 17.1 Å². The number of rotatable bonds is 4. The molecule has 24 heavy (non-hydrogen) atoms. The standard InChI is InChI=1S/C22H17NO/c1-3-10-19(11-4-1)23(20-12-5-2-6-13-20)21-14-7-9-18(17-21)22-15-8-16-24-22/h1-17H. The summed E-state index contributed by atoms with van der Waals surface area (Å²) >= 11 is 0. The molecular formula is C22H17NO. The van der Waals surface area contributed by atoms with Crippen LogP contribution in [-0.2, 0) is 0 Å². The summed E-state index contributed by atoms with van der Waals surface area (Å²) in [6.07, 6.45) is 1.70. The second kappa shape index (κ2) is 6.47. The Morgan fingerprint density at radius 3 is 1.75 bits per heavy atom. The highest BCUT2D eigenvalue weighted by molar-refractivity contribution is 5.78. The van der Waals surface area contributed by atoms with Crippen molar-refractivity contribution in [2.75, 3.05) is 4.90 Å².